The Labute approximate surface area is 84.8 Å². The Balaban J connectivity index is 2.27. The Morgan fingerprint density at radius 3 is 2.93 bits per heavy atom. The Kier molecular flexibility index (Phi) is 4.14. The summed E-state index contributed by atoms with van der Waals surface area (Å²) in [5, 5.41) is 8.42. The molecule has 0 amide bonds. The van der Waals surface area contributed by atoms with Crippen LogP contribution in [0, 0.1) is 11.3 Å². The Hall–Kier alpha value is -1.34. The van der Waals surface area contributed by atoms with Gasteiger partial charge in [0.05, 0.1) is 6.07 Å². The van der Waals surface area contributed by atoms with Gasteiger partial charge in [-0.1, -0.05) is 0 Å². The second kappa shape index (κ2) is 5.40. The van der Waals surface area contributed by atoms with Gasteiger partial charge in [0.15, 0.2) is 0 Å². The number of hydrogen-bond acceptors (Lipinski definition) is 3. The highest BCUT2D eigenvalue weighted by molar-refractivity contribution is 4.91. The molecule has 0 fully saturated rings. The average molecular weight is 192 g/mol. The molecule has 0 aliphatic rings. The normalized spacial score (nSPS) is 10.4. The van der Waals surface area contributed by atoms with Crippen molar-refractivity contribution in [3.8, 4) is 6.07 Å². The van der Waals surface area contributed by atoms with Gasteiger partial charge >= 0.3 is 0 Å². The van der Waals surface area contributed by atoms with Crippen molar-refractivity contribution in [3.05, 3.63) is 18.2 Å². The van der Waals surface area contributed by atoms with Crippen LogP contribution in [0.15, 0.2) is 12.4 Å². The predicted octanol–water partition coefficient (Wildman–Crippen LogP) is 0.808. The SMILES string of the molecule is CN(CCC#N)CCc1nccn1C. The highest BCUT2D eigenvalue weighted by Gasteiger charge is 2.01. The molecule has 0 radical (unpaired) electrons. The topological polar surface area (TPSA) is 44.9 Å². The van der Waals surface area contributed by atoms with Gasteiger partial charge in [-0.2, -0.15) is 5.26 Å². The first-order valence-electron chi connectivity index (χ1n) is 4.75. The van der Waals surface area contributed by atoms with E-state index in [0.29, 0.717) is 6.42 Å². The van der Waals surface area contributed by atoms with Crippen molar-refractivity contribution in [3.63, 3.8) is 0 Å². The van der Waals surface area contributed by atoms with Crippen molar-refractivity contribution in [2.45, 2.75) is 12.8 Å². The van der Waals surface area contributed by atoms with Crippen molar-refractivity contribution in [2.24, 2.45) is 7.05 Å². The molecule has 0 aliphatic carbocycles. The van der Waals surface area contributed by atoms with Crippen LogP contribution in [0.2, 0.25) is 0 Å². The lowest BCUT2D eigenvalue weighted by Gasteiger charge is -2.13. The molecule has 14 heavy (non-hydrogen) atoms. The van der Waals surface area contributed by atoms with Gasteiger partial charge < -0.3 is 9.47 Å². The van der Waals surface area contributed by atoms with Gasteiger partial charge in [0.25, 0.3) is 0 Å². The van der Waals surface area contributed by atoms with Crippen molar-refractivity contribution in [1.29, 1.82) is 5.26 Å². The van der Waals surface area contributed by atoms with Crippen molar-refractivity contribution in [1.82, 2.24) is 14.5 Å². The van der Waals surface area contributed by atoms with E-state index < -0.39 is 0 Å². The molecule has 4 nitrogen and oxygen atoms in total. The molecule has 0 atom stereocenters. The maximum atomic E-state index is 8.42. The molecule has 4 heteroatoms. The summed E-state index contributed by atoms with van der Waals surface area (Å²) in [5.74, 6) is 1.09. The minimum Gasteiger partial charge on any atom is -0.338 e. The van der Waals surface area contributed by atoms with E-state index in [2.05, 4.69) is 16.0 Å². The summed E-state index contributed by atoms with van der Waals surface area (Å²) in [5.41, 5.74) is 0. The lowest BCUT2D eigenvalue weighted by Crippen LogP contribution is -2.23. The summed E-state index contributed by atoms with van der Waals surface area (Å²) in [6.07, 6.45) is 5.29. The summed E-state index contributed by atoms with van der Waals surface area (Å²) < 4.78 is 2.03. The molecule has 1 rings (SSSR count). The summed E-state index contributed by atoms with van der Waals surface area (Å²) in [6, 6.07) is 2.14. The summed E-state index contributed by atoms with van der Waals surface area (Å²) >= 11 is 0. The van der Waals surface area contributed by atoms with Crippen LogP contribution < -0.4 is 0 Å². The first-order chi connectivity index (χ1) is 6.74. The van der Waals surface area contributed by atoms with E-state index in [4.69, 9.17) is 5.26 Å². The Morgan fingerprint density at radius 2 is 2.36 bits per heavy atom. The van der Waals surface area contributed by atoms with Gasteiger partial charge in [0.2, 0.25) is 0 Å². The van der Waals surface area contributed by atoms with Crippen LogP contribution in [0.5, 0.6) is 0 Å². The highest BCUT2D eigenvalue weighted by atomic mass is 15.1. The van der Waals surface area contributed by atoms with Gasteiger partial charge in [0.1, 0.15) is 5.82 Å². The highest BCUT2D eigenvalue weighted by Crippen LogP contribution is 1.97. The fourth-order valence-corrected chi connectivity index (χ4v) is 1.28. The van der Waals surface area contributed by atoms with E-state index in [1.807, 2.05) is 31.1 Å². The van der Waals surface area contributed by atoms with E-state index >= 15 is 0 Å². The van der Waals surface area contributed by atoms with Crippen LogP contribution in [0.1, 0.15) is 12.2 Å². The van der Waals surface area contributed by atoms with Crippen LogP contribution in [0.4, 0.5) is 0 Å². The molecule has 0 saturated heterocycles. The number of likely N-dealkylation sites (N-methyl/N-ethyl adjacent to an activating group) is 1. The number of nitriles is 1. The summed E-state index contributed by atoms with van der Waals surface area (Å²) in [7, 11) is 4.03. The van der Waals surface area contributed by atoms with Gasteiger partial charge in [-0.3, -0.25) is 0 Å². The van der Waals surface area contributed by atoms with Crippen LogP contribution in [0.3, 0.4) is 0 Å². The fraction of sp³-hybridized carbons (Fsp3) is 0.600. The number of aryl methyl sites for hydroxylation is 1. The van der Waals surface area contributed by atoms with E-state index in [9.17, 15) is 0 Å². The van der Waals surface area contributed by atoms with Gasteiger partial charge in [-0.25, -0.2) is 4.98 Å². The van der Waals surface area contributed by atoms with Crippen molar-refractivity contribution in [2.75, 3.05) is 20.1 Å². The largest absolute Gasteiger partial charge is 0.338 e. The Morgan fingerprint density at radius 1 is 1.57 bits per heavy atom. The summed E-state index contributed by atoms with van der Waals surface area (Å²) in [6.45, 7) is 1.79. The molecule has 0 unspecified atom stereocenters. The minimum atomic E-state index is 0.594. The number of imidazole rings is 1. The third kappa shape index (κ3) is 3.19. The number of rotatable bonds is 5. The first kappa shape index (κ1) is 10.7. The second-order valence-electron chi connectivity index (χ2n) is 3.42. The van der Waals surface area contributed by atoms with Gasteiger partial charge in [0, 0.05) is 45.4 Å². The standard InChI is InChI=1S/C10H16N4/c1-13(7-3-5-11)8-4-10-12-6-9-14(10)2/h6,9H,3-4,7-8H2,1-2H3. The monoisotopic (exact) mass is 192 g/mol. The predicted molar refractivity (Wildman–Crippen MR) is 54.6 cm³/mol. The maximum Gasteiger partial charge on any atom is 0.109 e. The minimum absolute atomic E-state index is 0.594. The quantitative estimate of drug-likeness (QED) is 0.693. The third-order valence-electron chi connectivity index (χ3n) is 2.24. The van der Waals surface area contributed by atoms with E-state index in [1.165, 1.54) is 0 Å². The molecule has 0 saturated carbocycles. The third-order valence-corrected chi connectivity index (χ3v) is 2.24. The van der Waals surface area contributed by atoms with Crippen LogP contribution in [-0.4, -0.2) is 34.6 Å². The van der Waals surface area contributed by atoms with Crippen LogP contribution in [-0.2, 0) is 13.5 Å². The molecular weight excluding hydrogens is 176 g/mol. The lowest BCUT2D eigenvalue weighted by molar-refractivity contribution is 0.342. The summed E-state index contributed by atoms with van der Waals surface area (Å²) in [4.78, 5) is 6.39. The molecule has 0 bridgehead atoms. The molecule has 1 aromatic heterocycles. The van der Waals surface area contributed by atoms with Crippen LogP contribution in [0.25, 0.3) is 0 Å². The zero-order valence-electron chi connectivity index (χ0n) is 8.77. The maximum absolute atomic E-state index is 8.42. The number of aromatic nitrogens is 2. The van der Waals surface area contributed by atoms with Crippen molar-refractivity contribution >= 4 is 0 Å². The van der Waals surface area contributed by atoms with Crippen molar-refractivity contribution < 1.29 is 0 Å². The van der Waals surface area contributed by atoms with E-state index in [0.717, 1.165) is 25.3 Å². The lowest BCUT2D eigenvalue weighted by atomic mass is 10.3. The fourth-order valence-electron chi connectivity index (χ4n) is 1.28. The first-order valence-corrected chi connectivity index (χ1v) is 4.75. The molecule has 0 aliphatic heterocycles. The van der Waals surface area contributed by atoms with E-state index in [-0.39, 0.29) is 0 Å². The second-order valence-corrected chi connectivity index (χ2v) is 3.42. The number of hydrogen-bond donors (Lipinski definition) is 0. The zero-order chi connectivity index (χ0) is 10.4. The molecule has 0 aromatic carbocycles. The molecule has 76 valence electrons. The average Bonchev–Trinajstić information content (AvgIpc) is 2.58. The molecule has 0 N–H and O–H groups in total. The van der Waals surface area contributed by atoms with Crippen LogP contribution >= 0.6 is 0 Å². The Bertz CT molecular complexity index is 310. The van der Waals surface area contributed by atoms with Gasteiger partial charge in [-0.15, -0.1) is 0 Å². The molecule has 1 aromatic rings. The molecule has 0 spiro atoms. The number of nitrogens with zero attached hydrogens (tertiary/aromatic N) is 4. The van der Waals surface area contributed by atoms with Gasteiger partial charge in [-0.05, 0) is 7.05 Å². The van der Waals surface area contributed by atoms with E-state index in [1.54, 1.807) is 0 Å². The zero-order valence-corrected chi connectivity index (χ0v) is 8.77. The smallest absolute Gasteiger partial charge is 0.109 e. The molecular formula is C10H16N4. The molecule has 1 heterocycles.